The van der Waals surface area contributed by atoms with Crippen molar-refractivity contribution >= 4 is 17.5 Å². The molecule has 3 nitrogen and oxygen atoms in total. The molecule has 5 heteroatoms. The molecule has 1 N–H and O–H groups in total. The van der Waals surface area contributed by atoms with Crippen LogP contribution in [0.5, 0.6) is 0 Å². The number of benzene rings is 1. The molecule has 0 spiro atoms. The van der Waals surface area contributed by atoms with Crippen LogP contribution in [0.3, 0.4) is 0 Å². The summed E-state index contributed by atoms with van der Waals surface area (Å²) in [7, 11) is 0. The molecule has 0 aliphatic carbocycles. The third-order valence-corrected chi connectivity index (χ3v) is 3.10. The Kier molecular flexibility index (Phi) is 3.97. The fraction of sp³-hybridized carbons (Fsp3) is 0.417. The van der Waals surface area contributed by atoms with Gasteiger partial charge in [-0.1, -0.05) is 11.6 Å². The zero-order valence-corrected chi connectivity index (χ0v) is 10.1. The minimum Gasteiger partial charge on any atom is -0.337 e. The summed E-state index contributed by atoms with van der Waals surface area (Å²) in [5.74, 6) is -0.553. The summed E-state index contributed by atoms with van der Waals surface area (Å²) < 4.78 is 12.9. The summed E-state index contributed by atoms with van der Waals surface area (Å²) in [6.45, 7) is 3.07. The van der Waals surface area contributed by atoms with Crippen LogP contribution in [0.15, 0.2) is 18.2 Å². The number of carbonyl (C=O) groups is 1. The molecule has 1 aliphatic heterocycles. The van der Waals surface area contributed by atoms with E-state index in [0.29, 0.717) is 18.7 Å². The fourth-order valence-corrected chi connectivity index (χ4v) is 2.13. The van der Waals surface area contributed by atoms with Crippen LogP contribution in [0.4, 0.5) is 4.39 Å². The maximum absolute atomic E-state index is 12.9. The highest BCUT2D eigenvalue weighted by atomic mass is 35.5. The molecule has 1 heterocycles. The number of hydrogen-bond acceptors (Lipinski definition) is 2. The summed E-state index contributed by atoms with van der Waals surface area (Å²) in [6.07, 6.45) is 0.921. The van der Waals surface area contributed by atoms with E-state index < -0.39 is 5.82 Å². The largest absolute Gasteiger partial charge is 0.337 e. The van der Waals surface area contributed by atoms with Gasteiger partial charge < -0.3 is 10.2 Å². The summed E-state index contributed by atoms with van der Waals surface area (Å²) in [6, 6.07) is 3.87. The molecule has 0 aromatic heterocycles. The molecule has 0 saturated carbocycles. The summed E-state index contributed by atoms with van der Waals surface area (Å²) in [4.78, 5) is 13.9. The molecule has 0 unspecified atom stereocenters. The lowest BCUT2D eigenvalue weighted by molar-refractivity contribution is 0.0766. The molecule has 17 heavy (non-hydrogen) atoms. The van der Waals surface area contributed by atoms with Crippen LogP contribution in [0.25, 0.3) is 0 Å². The lowest BCUT2D eigenvalue weighted by Gasteiger charge is -2.20. The van der Waals surface area contributed by atoms with E-state index in [0.717, 1.165) is 19.5 Å². The van der Waals surface area contributed by atoms with Crippen molar-refractivity contribution in [3.05, 3.63) is 34.6 Å². The third kappa shape index (κ3) is 2.96. The minimum absolute atomic E-state index is 0.126. The zero-order chi connectivity index (χ0) is 12.3. The second-order valence-corrected chi connectivity index (χ2v) is 4.43. The number of halogens is 2. The van der Waals surface area contributed by atoms with Crippen LogP contribution in [-0.4, -0.2) is 37.0 Å². The number of nitrogens with zero attached hydrogens (tertiary/aromatic N) is 1. The first kappa shape index (κ1) is 12.3. The molecule has 0 bridgehead atoms. The van der Waals surface area contributed by atoms with Gasteiger partial charge in [-0.25, -0.2) is 4.39 Å². The molecule has 1 saturated heterocycles. The number of carbonyl (C=O) groups excluding carboxylic acids is 1. The molecular weight excluding hydrogens is 243 g/mol. The van der Waals surface area contributed by atoms with Gasteiger partial charge in [0.1, 0.15) is 5.82 Å². The van der Waals surface area contributed by atoms with E-state index in [1.165, 1.54) is 18.2 Å². The molecule has 0 radical (unpaired) electrons. The molecule has 1 fully saturated rings. The van der Waals surface area contributed by atoms with E-state index in [-0.39, 0.29) is 10.9 Å². The second-order valence-electron chi connectivity index (χ2n) is 4.02. The molecule has 92 valence electrons. The average Bonchev–Trinajstić information content (AvgIpc) is 2.56. The molecule has 0 atom stereocenters. The quantitative estimate of drug-likeness (QED) is 0.833. The Morgan fingerprint density at radius 1 is 1.35 bits per heavy atom. The Labute approximate surface area is 105 Å². The van der Waals surface area contributed by atoms with Gasteiger partial charge in [0.15, 0.2) is 0 Å². The topological polar surface area (TPSA) is 32.3 Å². The molecule has 1 aliphatic rings. The maximum atomic E-state index is 12.9. The first-order valence-electron chi connectivity index (χ1n) is 5.63. The van der Waals surface area contributed by atoms with E-state index in [9.17, 15) is 9.18 Å². The first-order valence-corrected chi connectivity index (χ1v) is 6.01. The molecular formula is C12H14ClFN2O. The Morgan fingerprint density at radius 2 is 2.18 bits per heavy atom. The van der Waals surface area contributed by atoms with Crippen molar-refractivity contribution in [1.82, 2.24) is 10.2 Å². The van der Waals surface area contributed by atoms with E-state index in [1.54, 1.807) is 4.90 Å². The van der Waals surface area contributed by atoms with Crippen molar-refractivity contribution in [2.45, 2.75) is 6.42 Å². The van der Waals surface area contributed by atoms with Crippen molar-refractivity contribution in [3.8, 4) is 0 Å². The van der Waals surface area contributed by atoms with Crippen LogP contribution in [0.1, 0.15) is 16.8 Å². The van der Waals surface area contributed by atoms with E-state index in [2.05, 4.69) is 5.32 Å². The van der Waals surface area contributed by atoms with E-state index in [4.69, 9.17) is 11.6 Å². The highest BCUT2D eigenvalue weighted by Gasteiger charge is 2.19. The van der Waals surface area contributed by atoms with Crippen molar-refractivity contribution in [2.24, 2.45) is 0 Å². The van der Waals surface area contributed by atoms with Crippen LogP contribution < -0.4 is 5.32 Å². The predicted octanol–water partition coefficient (Wildman–Crippen LogP) is 1.91. The van der Waals surface area contributed by atoms with Gasteiger partial charge in [0, 0.05) is 19.6 Å². The van der Waals surface area contributed by atoms with Crippen LogP contribution >= 0.6 is 11.6 Å². The average molecular weight is 257 g/mol. The normalized spacial score (nSPS) is 16.7. The first-order chi connectivity index (χ1) is 8.18. The van der Waals surface area contributed by atoms with Gasteiger partial charge in [-0.2, -0.15) is 0 Å². The van der Waals surface area contributed by atoms with Gasteiger partial charge >= 0.3 is 0 Å². The lowest BCUT2D eigenvalue weighted by Crippen LogP contribution is -2.34. The number of nitrogens with one attached hydrogen (secondary N) is 1. The molecule has 1 aromatic rings. The van der Waals surface area contributed by atoms with Crippen molar-refractivity contribution < 1.29 is 9.18 Å². The van der Waals surface area contributed by atoms with Crippen molar-refractivity contribution in [1.29, 1.82) is 0 Å². The van der Waals surface area contributed by atoms with E-state index >= 15 is 0 Å². The number of amides is 1. The Hall–Kier alpha value is -1.13. The lowest BCUT2D eigenvalue weighted by atomic mass is 10.2. The number of rotatable bonds is 1. The molecule has 1 amide bonds. The number of hydrogen-bond donors (Lipinski definition) is 1. The van der Waals surface area contributed by atoms with Crippen LogP contribution in [-0.2, 0) is 0 Å². The van der Waals surface area contributed by atoms with Gasteiger partial charge in [0.2, 0.25) is 0 Å². The minimum atomic E-state index is -0.427. The van der Waals surface area contributed by atoms with Gasteiger partial charge in [-0.05, 0) is 31.2 Å². The third-order valence-electron chi connectivity index (χ3n) is 2.79. The summed E-state index contributed by atoms with van der Waals surface area (Å²) >= 11 is 5.88. The van der Waals surface area contributed by atoms with Crippen molar-refractivity contribution in [3.63, 3.8) is 0 Å². The summed E-state index contributed by atoms with van der Waals surface area (Å²) in [5, 5.41) is 3.39. The standard InChI is InChI=1S/C12H14ClFN2O/c13-11-8-9(14)2-3-10(11)12(17)16-6-1-4-15-5-7-16/h2-3,8,15H,1,4-7H2. The smallest absolute Gasteiger partial charge is 0.255 e. The van der Waals surface area contributed by atoms with Gasteiger partial charge in [-0.15, -0.1) is 0 Å². The second kappa shape index (κ2) is 5.47. The van der Waals surface area contributed by atoms with E-state index in [1.807, 2.05) is 0 Å². The molecule has 1 aromatic carbocycles. The Bertz CT molecular complexity index is 417. The zero-order valence-electron chi connectivity index (χ0n) is 9.38. The predicted molar refractivity (Wildman–Crippen MR) is 64.8 cm³/mol. The fourth-order valence-electron chi connectivity index (χ4n) is 1.88. The Balaban J connectivity index is 2.17. The SMILES string of the molecule is O=C(c1ccc(F)cc1Cl)N1CCCNCC1. The van der Waals surface area contributed by atoms with Crippen molar-refractivity contribution in [2.75, 3.05) is 26.2 Å². The Morgan fingerprint density at radius 3 is 2.94 bits per heavy atom. The van der Waals surface area contributed by atoms with Gasteiger partial charge in [-0.3, -0.25) is 4.79 Å². The molecule has 2 rings (SSSR count). The highest BCUT2D eigenvalue weighted by Crippen LogP contribution is 2.19. The van der Waals surface area contributed by atoms with Gasteiger partial charge in [0.05, 0.1) is 10.6 Å². The monoisotopic (exact) mass is 256 g/mol. The van der Waals surface area contributed by atoms with Crippen LogP contribution in [0, 0.1) is 5.82 Å². The summed E-state index contributed by atoms with van der Waals surface area (Å²) in [5.41, 5.74) is 0.370. The highest BCUT2D eigenvalue weighted by molar-refractivity contribution is 6.33. The van der Waals surface area contributed by atoms with Crippen LogP contribution in [0.2, 0.25) is 5.02 Å². The van der Waals surface area contributed by atoms with Gasteiger partial charge in [0.25, 0.3) is 5.91 Å². The maximum Gasteiger partial charge on any atom is 0.255 e.